The SMILES string of the molecule is O=S(=O)(Nc1ccccc1F)c1ccc(-c2ccno2)s1. The highest BCUT2D eigenvalue weighted by molar-refractivity contribution is 7.94. The van der Waals surface area contributed by atoms with E-state index in [9.17, 15) is 12.8 Å². The fraction of sp³-hybridized carbons (Fsp3) is 0. The molecule has 1 aromatic carbocycles. The summed E-state index contributed by atoms with van der Waals surface area (Å²) in [6.07, 6.45) is 1.47. The van der Waals surface area contributed by atoms with Gasteiger partial charge in [0, 0.05) is 6.07 Å². The zero-order chi connectivity index (χ0) is 14.9. The molecule has 0 atom stereocenters. The van der Waals surface area contributed by atoms with Gasteiger partial charge in [0.1, 0.15) is 10.0 Å². The first-order valence-corrected chi connectivity index (χ1v) is 8.14. The van der Waals surface area contributed by atoms with E-state index in [2.05, 4.69) is 9.88 Å². The third-order valence-electron chi connectivity index (χ3n) is 2.65. The number of thiophene rings is 1. The number of para-hydroxylation sites is 1. The number of hydrogen-bond acceptors (Lipinski definition) is 5. The predicted octanol–water partition coefficient (Wildman–Crippen LogP) is 3.34. The van der Waals surface area contributed by atoms with Gasteiger partial charge in [0.25, 0.3) is 10.0 Å². The quantitative estimate of drug-likeness (QED) is 0.799. The fourth-order valence-electron chi connectivity index (χ4n) is 1.68. The lowest BCUT2D eigenvalue weighted by molar-refractivity contribution is 0.433. The molecular weight excluding hydrogens is 315 g/mol. The molecule has 0 amide bonds. The summed E-state index contributed by atoms with van der Waals surface area (Å²) in [7, 11) is -3.84. The molecule has 3 rings (SSSR count). The van der Waals surface area contributed by atoms with Crippen molar-refractivity contribution in [3.63, 3.8) is 0 Å². The number of nitrogens with zero attached hydrogens (tertiary/aromatic N) is 1. The molecular formula is C13H9FN2O3S2. The summed E-state index contributed by atoms with van der Waals surface area (Å²) in [5, 5.41) is 3.57. The van der Waals surface area contributed by atoms with E-state index in [4.69, 9.17) is 4.52 Å². The maximum atomic E-state index is 13.5. The summed E-state index contributed by atoms with van der Waals surface area (Å²) < 4.78 is 45.2. The van der Waals surface area contributed by atoms with Crippen molar-refractivity contribution in [3.05, 3.63) is 54.5 Å². The van der Waals surface area contributed by atoms with Gasteiger partial charge in [-0.05, 0) is 24.3 Å². The van der Waals surface area contributed by atoms with E-state index in [1.807, 2.05) is 0 Å². The summed E-state index contributed by atoms with van der Waals surface area (Å²) in [5.41, 5.74) is -0.0906. The minimum atomic E-state index is -3.84. The van der Waals surface area contributed by atoms with Crippen molar-refractivity contribution in [2.75, 3.05) is 4.72 Å². The number of halogens is 1. The molecule has 0 bridgehead atoms. The van der Waals surface area contributed by atoms with Crippen LogP contribution in [0.2, 0.25) is 0 Å². The van der Waals surface area contributed by atoms with Crippen LogP contribution in [0.5, 0.6) is 0 Å². The Kier molecular flexibility index (Phi) is 3.48. The fourth-order valence-corrected chi connectivity index (χ4v) is 4.01. The molecule has 0 aliphatic rings. The average molecular weight is 324 g/mol. The first kappa shape index (κ1) is 13.8. The minimum absolute atomic E-state index is 0.0668. The number of nitrogens with one attached hydrogen (secondary N) is 1. The number of benzene rings is 1. The van der Waals surface area contributed by atoms with Crippen LogP contribution in [-0.2, 0) is 10.0 Å². The van der Waals surface area contributed by atoms with Crippen LogP contribution in [-0.4, -0.2) is 13.6 Å². The average Bonchev–Trinajstić information content (AvgIpc) is 3.11. The Balaban J connectivity index is 1.91. The number of anilines is 1. The highest BCUT2D eigenvalue weighted by Gasteiger charge is 2.19. The van der Waals surface area contributed by atoms with E-state index < -0.39 is 15.8 Å². The monoisotopic (exact) mass is 324 g/mol. The van der Waals surface area contributed by atoms with E-state index in [0.717, 1.165) is 11.3 Å². The molecule has 5 nitrogen and oxygen atoms in total. The van der Waals surface area contributed by atoms with Crippen LogP contribution in [0.4, 0.5) is 10.1 Å². The second-order valence-electron chi connectivity index (χ2n) is 4.08. The summed E-state index contributed by atoms with van der Waals surface area (Å²) in [5.74, 6) is -0.152. The number of sulfonamides is 1. The summed E-state index contributed by atoms with van der Waals surface area (Å²) in [4.78, 5) is 0.626. The molecule has 2 heterocycles. The van der Waals surface area contributed by atoms with Crippen molar-refractivity contribution in [1.82, 2.24) is 5.16 Å². The molecule has 3 aromatic rings. The molecule has 0 saturated heterocycles. The zero-order valence-electron chi connectivity index (χ0n) is 10.5. The van der Waals surface area contributed by atoms with Crippen molar-refractivity contribution >= 4 is 27.0 Å². The second kappa shape index (κ2) is 5.30. The molecule has 0 aliphatic carbocycles. The maximum Gasteiger partial charge on any atom is 0.271 e. The zero-order valence-corrected chi connectivity index (χ0v) is 12.1. The van der Waals surface area contributed by atoms with Crippen molar-refractivity contribution in [3.8, 4) is 10.6 Å². The van der Waals surface area contributed by atoms with Crippen LogP contribution in [0.3, 0.4) is 0 Å². The van der Waals surface area contributed by atoms with Gasteiger partial charge in [-0.1, -0.05) is 17.3 Å². The molecule has 1 N–H and O–H groups in total. The van der Waals surface area contributed by atoms with Gasteiger partial charge < -0.3 is 4.52 Å². The van der Waals surface area contributed by atoms with Gasteiger partial charge in [0.15, 0.2) is 5.76 Å². The van der Waals surface area contributed by atoms with Gasteiger partial charge in [-0.25, -0.2) is 12.8 Å². The highest BCUT2D eigenvalue weighted by Crippen LogP contribution is 2.31. The molecule has 0 fully saturated rings. The van der Waals surface area contributed by atoms with Crippen LogP contribution in [0, 0.1) is 5.82 Å². The smallest absolute Gasteiger partial charge is 0.271 e. The second-order valence-corrected chi connectivity index (χ2v) is 7.07. The normalized spacial score (nSPS) is 11.5. The van der Waals surface area contributed by atoms with Crippen molar-refractivity contribution in [2.45, 2.75) is 4.21 Å². The van der Waals surface area contributed by atoms with Gasteiger partial charge in [-0.2, -0.15) is 0 Å². The Bertz CT molecular complexity index is 857. The van der Waals surface area contributed by atoms with E-state index >= 15 is 0 Å². The highest BCUT2D eigenvalue weighted by atomic mass is 32.2. The Morgan fingerprint density at radius 1 is 1.14 bits per heavy atom. The van der Waals surface area contributed by atoms with E-state index in [1.165, 1.54) is 30.5 Å². The standard InChI is InChI=1S/C13H9FN2O3S2/c14-9-3-1-2-4-10(9)16-21(17,18)13-6-5-12(20-13)11-7-8-15-19-11/h1-8,16H. The van der Waals surface area contributed by atoms with Crippen molar-refractivity contribution in [2.24, 2.45) is 0 Å². The lowest BCUT2D eigenvalue weighted by Gasteiger charge is -2.06. The minimum Gasteiger partial charge on any atom is -0.355 e. The lowest BCUT2D eigenvalue weighted by Crippen LogP contribution is -2.12. The number of aromatic nitrogens is 1. The molecule has 0 saturated carbocycles. The van der Waals surface area contributed by atoms with Gasteiger partial charge in [0.2, 0.25) is 0 Å². The van der Waals surface area contributed by atoms with Crippen LogP contribution in [0.1, 0.15) is 0 Å². The summed E-state index contributed by atoms with van der Waals surface area (Å²) in [6.45, 7) is 0. The van der Waals surface area contributed by atoms with Gasteiger partial charge in [-0.15, -0.1) is 11.3 Å². The van der Waals surface area contributed by atoms with Crippen molar-refractivity contribution in [1.29, 1.82) is 0 Å². The molecule has 0 spiro atoms. The third kappa shape index (κ3) is 2.81. The maximum absolute atomic E-state index is 13.5. The first-order valence-electron chi connectivity index (χ1n) is 5.84. The molecule has 21 heavy (non-hydrogen) atoms. The molecule has 8 heteroatoms. The first-order chi connectivity index (χ1) is 10.1. The van der Waals surface area contributed by atoms with Crippen LogP contribution >= 0.6 is 11.3 Å². The van der Waals surface area contributed by atoms with Crippen LogP contribution in [0.15, 0.2) is 57.4 Å². The summed E-state index contributed by atoms with van der Waals surface area (Å²) in [6, 6.07) is 10.3. The Morgan fingerprint density at radius 2 is 1.95 bits per heavy atom. The predicted molar refractivity (Wildman–Crippen MR) is 77.0 cm³/mol. The molecule has 108 valence electrons. The largest absolute Gasteiger partial charge is 0.355 e. The topological polar surface area (TPSA) is 72.2 Å². The van der Waals surface area contributed by atoms with E-state index in [1.54, 1.807) is 18.2 Å². The molecule has 0 radical (unpaired) electrons. The lowest BCUT2D eigenvalue weighted by atomic mass is 10.3. The Hall–Kier alpha value is -2.19. The van der Waals surface area contributed by atoms with Gasteiger partial charge in [-0.3, -0.25) is 4.72 Å². The third-order valence-corrected chi connectivity index (χ3v) is 5.60. The Morgan fingerprint density at radius 3 is 2.67 bits per heavy atom. The summed E-state index contributed by atoms with van der Waals surface area (Å²) >= 11 is 1.02. The number of rotatable bonds is 4. The molecule has 0 unspecified atom stereocenters. The molecule has 2 aromatic heterocycles. The van der Waals surface area contributed by atoms with Crippen LogP contribution in [0.25, 0.3) is 10.6 Å². The number of hydrogen-bond donors (Lipinski definition) is 1. The van der Waals surface area contributed by atoms with Crippen LogP contribution < -0.4 is 4.72 Å². The van der Waals surface area contributed by atoms with E-state index in [-0.39, 0.29) is 9.90 Å². The van der Waals surface area contributed by atoms with Gasteiger partial charge >= 0.3 is 0 Å². The van der Waals surface area contributed by atoms with Gasteiger partial charge in [0.05, 0.1) is 16.8 Å². The Labute approximate surface area is 124 Å². The molecule has 0 aliphatic heterocycles. The van der Waals surface area contributed by atoms with Crippen molar-refractivity contribution < 1.29 is 17.3 Å². The van der Waals surface area contributed by atoms with E-state index in [0.29, 0.717) is 10.6 Å².